The van der Waals surface area contributed by atoms with E-state index in [0.717, 1.165) is 16.8 Å². The van der Waals surface area contributed by atoms with E-state index in [0.29, 0.717) is 22.3 Å². The van der Waals surface area contributed by atoms with Crippen LogP contribution in [0.15, 0.2) is 53.5 Å². The average molecular weight is 348 g/mol. The first kappa shape index (κ1) is 16.2. The van der Waals surface area contributed by atoms with E-state index in [9.17, 15) is 9.18 Å². The molecule has 4 aromatic rings. The smallest absolute Gasteiger partial charge is 0.265 e. The number of rotatable bonds is 2. The van der Waals surface area contributed by atoms with Crippen LogP contribution in [0.1, 0.15) is 16.8 Å². The summed E-state index contributed by atoms with van der Waals surface area (Å²) in [5, 5.41) is 9.48. The molecule has 2 aromatic heterocycles. The summed E-state index contributed by atoms with van der Waals surface area (Å²) in [5.41, 5.74) is 4.30. The highest BCUT2D eigenvalue weighted by atomic mass is 19.1. The molecule has 0 atom stereocenters. The van der Waals surface area contributed by atoms with Crippen molar-refractivity contribution < 1.29 is 4.39 Å². The van der Waals surface area contributed by atoms with E-state index in [2.05, 4.69) is 10.2 Å². The Morgan fingerprint density at radius 1 is 0.962 bits per heavy atom. The van der Waals surface area contributed by atoms with Gasteiger partial charge in [0.1, 0.15) is 11.3 Å². The largest absolute Gasteiger partial charge is 0.298 e. The minimum absolute atomic E-state index is 0.264. The molecule has 5 nitrogen and oxygen atoms in total. The fourth-order valence-corrected chi connectivity index (χ4v) is 3.15. The quantitative estimate of drug-likeness (QED) is 0.556. The molecule has 4 rings (SSSR count). The van der Waals surface area contributed by atoms with Crippen molar-refractivity contribution in [3.8, 4) is 11.4 Å². The molecule has 0 fully saturated rings. The Balaban J connectivity index is 2.03. The van der Waals surface area contributed by atoms with Gasteiger partial charge in [-0.3, -0.25) is 4.79 Å². The summed E-state index contributed by atoms with van der Waals surface area (Å²) in [7, 11) is 0. The van der Waals surface area contributed by atoms with Crippen molar-refractivity contribution in [2.75, 3.05) is 0 Å². The Hall–Kier alpha value is -3.28. The highest BCUT2D eigenvalue weighted by Gasteiger charge is 2.16. The number of fused-ring (bicyclic) bond motifs is 1. The van der Waals surface area contributed by atoms with Crippen LogP contribution in [0.25, 0.3) is 22.3 Å². The van der Waals surface area contributed by atoms with Crippen molar-refractivity contribution in [2.24, 2.45) is 0 Å². The molecular weight excluding hydrogens is 331 g/mol. The Morgan fingerprint density at radius 3 is 2.38 bits per heavy atom. The van der Waals surface area contributed by atoms with Crippen LogP contribution >= 0.6 is 0 Å². The van der Waals surface area contributed by atoms with Crippen molar-refractivity contribution in [3.05, 3.63) is 81.7 Å². The highest BCUT2D eigenvalue weighted by molar-refractivity contribution is 5.81. The van der Waals surface area contributed by atoms with Gasteiger partial charge in [-0.25, -0.2) is 9.07 Å². The normalized spacial score (nSPS) is 11.2. The molecule has 2 heterocycles. The second-order valence-corrected chi connectivity index (χ2v) is 6.39. The Bertz CT molecular complexity index is 1190. The summed E-state index contributed by atoms with van der Waals surface area (Å²) < 4.78 is 16.2. The molecule has 0 saturated heterocycles. The van der Waals surface area contributed by atoms with Gasteiger partial charge in [-0.2, -0.15) is 14.9 Å². The lowest BCUT2D eigenvalue weighted by Crippen LogP contribution is -2.24. The van der Waals surface area contributed by atoms with Gasteiger partial charge >= 0.3 is 0 Å². The molecule has 0 aliphatic rings. The number of halogens is 1. The molecule has 26 heavy (non-hydrogen) atoms. The third-order valence-electron chi connectivity index (χ3n) is 4.46. The number of nitrogens with zero attached hydrogens (tertiary/aromatic N) is 4. The number of hydrogen-bond acceptors (Lipinski definition) is 3. The van der Waals surface area contributed by atoms with E-state index in [4.69, 9.17) is 0 Å². The molecular formula is C20H17FN4O. The third-order valence-corrected chi connectivity index (χ3v) is 4.46. The third kappa shape index (κ3) is 2.50. The molecule has 0 aliphatic carbocycles. The SMILES string of the molecule is Cc1ccc(-n2nc(C)c3cnn(-c4ccc(F)cc4)c3c2=O)c(C)c1. The molecule has 0 saturated carbocycles. The van der Waals surface area contributed by atoms with E-state index < -0.39 is 0 Å². The summed E-state index contributed by atoms with van der Waals surface area (Å²) in [6.07, 6.45) is 1.62. The standard InChI is InChI=1S/C20H17FN4O/c1-12-4-9-18(13(2)10-12)25-20(26)19-17(14(3)23-25)11-22-24(19)16-7-5-15(21)6-8-16/h4-11H,1-3H3. The van der Waals surface area contributed by atoms with E-state index in [-0.39, 0.29) is 11.4 Å². The molecule has 0 amide bonds. The first-order valence-electron chi connectivity index (χ1n) is 8.27. The van der Waals surface area contributed by atoms with E-state index in [1.807, 2.05) is 39.0 Å². The van der Waals surface area contributed by atoms with Crippen LogP contribution in [0.2, 0.25) is 0 Å². The van der Waals surface area contributed by atoms with Crippen LogP contribution in [0.4, 0.5) is 4.39 Å². The summed E-state index contributed by atoms with van der Waals surface area (Å²) in [4.78, 5) is 13.2. The molecule has 0 aliphatic heterocycles. The summed E-state index contributed by atoms with van der Waals surface area (Å²) in [6.45, 7) is 5.80. The van der Waals surface area contributed by atoms with Gasteiger partial charge in [0.05, 0.1) is 23.3 Å². The van der Waals surface area contributed by atoms with Crippen molar-refractivity contribution in [3.63, 3.8) is 0 Å². The predicted molar refractivity (Wildman–Crippen MR) is 98.6 cm³/mol. The molecule has 0 bridgehead atoms. The minimum atomic E-state index is -0.337. The number of aryl methyl sites for hydroxylation is 3. The summed E-state index contributed by atoms with van der Waals surface area (Å²) in [5.74, 6) is -0.337. The molecule has 0 unspecified atom stereocenters. The maximum Gasteiger partial charge on any atom is 0.298 e. The van der Waals surface area contributed by atoms with Crippen molar-refractivity contribution in [1.29, 1.82) is 0 Å². The van der Waals surface area contributed by atoms with Gasteiger partial charge < -0.3 is 0 Å². The zero-order valence-electron chi connectivity index (χ0n) is 14.7. The maximum absolute atomic E-state index is 13.2. The average Bonchev–Trinajstić information content (AvgIpc) is 3.05. The fourth-order valence-electron chi connectivity index (χ4n) is 3.15. The number of benzene rings is 2. The highest BCUT2D eigenvalue weighted by Crippen LogP contribution is 2.20. The molecule has 0 N–H and O–H groups in total. The van der Waals surface area contributed by atoms with Gasteiger partial charge in [0.2, 0.25) is 0 Å². The molecule has 2 aromatic carbocycles. The van der Waals surface area contributed by atoms with E-state index >= 15 is 0 Å². The number of aromatic nitrogens is 4. The van der Waals surface area contributed by atoms with Crippen molar-refractivity contribution in [2.45, 2.75) is 20.8 Å². The Labute approximate surface area is 149 Å². The second-order valence-electron chi connectivity index (χ2n) is 6.39. The van der Waals surface area contributed by atoms with Crippen molar-refractivity contribution >= 4 is 10.9 Å². The zero-order chi connectivity index (χ0) is 18.4. The van der Waals surface area contributed by atoms with Gasteiger partial charge in [0, 0.05) is 5.39 Å². The maximum atomic E-state index is 13.2. The van der Waals surface area contributed by atoms with Crippen LogP contribution in [-0.4, -0.2) is 19.6 Å². The van der Waals surface area contributed by atoms with Gasteiger partial charge in [0.25, 0.3) is 5.56 Å². The second kappa shape index (κ2) is 5.91. The summed E-state index contributed by atoms with van der Waals surface area (Å²) >= 11 is 0. The Kier molecular flexibility index (Phi) is 3.68. The predicted octanol–water partition coefficient (Wildman–Crippen LogP) is 3.64. The van der Waals surface area contributed by atoms with E-state index in [1.165, 1.54) is 21.5 Å². The van der Waals surface area contributed by atoms with Crippen molar-refractivity contribution in [1.82, 2.24) is 19.6 Å². The monoisotopic (exact) mass is 348 g/mol. The van der Waals surface area contributed by atoms with Gasteiger partial charge in [-0.15, -0.1) is 0 Å². The fraction of sp³-hybridized carbons (Fsp3) is 0.150. The van der Waals surface area contributed by atoms with Gasteiger partial charge in [-0.1, -0.05) is 17.7 Å². The van der Waals surface area contributed by atoms with Gasteiger partial charge in [0.15, 0.2) is 0 Å². The molecule has 0 radical (unpaired) electrons. The Morgan fingerprint density at radius 2 is 1.69 bits per heavy atom. The van der Waals surface area contributed by atoms with Crippen LogP contribution in [-0.2, 0) is 0 Å². The first-order valence-corrected chi connectivity index (χ1v) is 8.27. The van der Waals surface area contributed by atoms with Gasteiger partial charge in [-0.05, 0) is 56.7 Å². The lowest BCUT2D eigenvalue weighted by Gasteiger charge is -2.11. The zero-order valence-corrected chi connectivity index (χ0v) is 14.7. The number of hydrogen-bond donors (Lipinski definition) is 0. The van der Waals surface area contributed by atoms with Crippen LogP contribution in [0.3, 0.4) is 0 Å². The van der Waals surface area contributed by atoms with E-state index in [1.54, 1.807) is 18.3 Å². The summed E-state index contributed by atoms with van der Waals surface area (Å²) in [6, 6.07) is 11.7. The lowest BCUT2D eigenvalue weighted by atomic mass is 10.1. The minimum Gasteiger partial charge on any atom is -0.265 e. The topological polar surface area (TPSA) is 52.7 Å². The molecule has 6 heteroatoms. The van der Waals surface area contributed by atoms with Crippen LogP contribution < -0.4 is 5.56 Å². The van der Waals surface area contributed by atoms with Crippen LogP contribution in [0.5, 0.6) is 0 Å². The lowest BCUT2D eigenvalue weighted by molar-refractivity contribution is 0.627. The molecule has 0 spiro atoms. The first-order chi connectivity index (χ1) is 12.5. The van der Waals surface area contributed by atoms with Crippen LogP contribution in [0, 0.1) is 26.6 Å². The molecule has 130 valence electrons.